The van der Waals surface area contributed by atoms with Gasteiger partial charge in [-0.15, -0.1) is 0 Å². The Balaban J connectivity index is 2.51. The summed E-state index contributed by atoms with van der Waals surface area (Å²) in [6, 6.07) is 3.47. The van der Waals surface area contributed by atoms with Crippen molar-refractivity contribution >= 4 is 29.1 Å². The Morgan fingerprint density at radius 3 is 2.62 bits per heavy atom. The van der Waals surface area contributed by atoms with Crippen LogP contribution in [-0.4, -0.2) is 29.6 Å². The van der Waals surface area contributed by atoms with Crippen LogP contribution in [0.3, 0.4) is 0 Å². The summed E-state index contributed by atoms with van der Waals surface area (Å²) in [5, 5.41) is 14.0. The number of hydrogen-bond acceptors (Lipinski definition) is 3. The van der Waals surface area contributed by atoms with Gasteiger partial charge in [0.1, 0.15) is 5.82 Å². The summed E-state index contributed by atoms with van der Waals surface area (Å²) >= 11 is 5.79. The van der Waals surface area contributed by atoms with E-state index in [1.54, 1.807) is 6.92 Å². The molecule has 0 saturated heterocycles. The third kappa shape index (κ3) is 6.10. The van der Waals surface area contributed by atoms with E-state index in [0.29, 0.717) is 6.42 Å². The molecule has 0 aliphatic carbocycles. The van der Waals surface area contributed by atoms with Gasteiger partial charge in [0.15, 0.2) is 0 Å². The number of benzene rings is 1. The van der Waals surface area contributed by atoms with Crippen LogP contribution in [0.2, 0.25) is 5.02 Å². The lowest BCUT2D eigenvalue weighted by molar-refractivity contribution is -0.136. The first-order valence-corrected chi connectivity index (χ1v) is 6.89. The van der Waals surface area contributed by atoms with Crippen LogP contribution < -0.4 is 10.6 Å². The van der Waals surface area contributed by atoms with Crippen LogP contribution in [-0.2, 0) is 9.59 Å². The SMILES string of the molecule is CC(O)CC(C)CNC(=O)C(=O)Nc1cc(F)ccc1Cl. The van der Waals surface area contributed by atoms with E-state index >= 15 is 0 Å². The van der Waals surface area contributed by atoms with Crippen LogP contribution in [0.1, 0.15) is 20.3 Å². The van der Waals surface area contributed by atoms with E-state index in [0.717, 1.165) is 12.1 Å². The maximum Gasteiger partial charge on any atom is 0.313 e. The topological polar surface area (TPSA) is 78.4 Å². The van der Waals surface area contributed by atoms with Crippen molar-refractivity contribution in [3.8, 4) is 0 Å². The van der Waals surface area contributed by atoms with Gasteiger partial charge < -0.3 is 15.7 Å². The number of carbonyl (C=O) groups excluding carboxylic acids is 2. The van der Waals surface area contributed by atoms with Crippen LogP contribution >= 0.6 is 11.6 Å². The van der Waals surface area contributed by atoms with Crippen LogP contribution in [0.25, 0.3) is 0 Å². The molecular weight excluding hydrogens is 299 g/mol. The molecular formula is C14H18ClFN2O3. The van der Waals surface area contributed by atoms with Gasteiger partial charge in [-0.1, -0.05) is 18.5 Å². The van der Waals surface area contributed by atoms with Crippen molar-refractivity contribution in [2.75, 3.05) is 11.9 Å². The highest BCUT2D eigenvalue weighted by Crippen LogP contribution is 2.22. The quantitative estimate of drug-likeness (QED) is 0.726. The maximum atomic E-state index is 13.0. The van der Waals surface area contributed by atoms with E-state index in [2.05, 4.69) is 10.6 Å². The van der Waals surface area contributed by atoms with E-state index in [-0.39, 0.29) is 23.2 Å². The molecule has 7 heteroatoms. The second-order valence-corrected chi connectivity index (χ2v) is 5.39. The molecule has 3 N–H and O–H groups in total. The normalized spacial score (nSPS) is 13.4. The van der Waals surface area contributed by atoms with Crippen LogP contribution in [0, 0.1) is 11.7 Å². The lowest BCUT2D eigenvalue weighted by Gasteiger charge is -2.14. The van der Waals surface area contributed by atoms with Crippen LogP contribution in [0.15, 0.2) is 18.2 Å². The minimum Gasteiger partial charge on any atom is -0.393 e. The van der Waals surface area contributed by atoms with Gasteiger partial charge in [-0.3, -0.25) is 9.59 Å². The van der Waals surface area contributed by atoms with Gasteiger partial charge in [0.25, 0.3) is 0 Å². The summed E-state index contributed by atoms with van der Waals surface area (Å²) < 4.78 is 13.0. The molecule has 116 valence electrons. The average molecular weight is 317 g/mol. The van der Waals surface area contributed by atoms with Gasteiger partial charge in [0.2, 0.25) is 0 Å². The average Bonchev–Trinajstić information content (AvgIpc) is 2.39. The molecule has 0 bridgehead atoms. The molecule has 0 heterocycles. The zero-order valence-electron chi connectivity index (χ0n) is 11.8. The Morgan fingerprint density at radius 1 is 1.33 bits per heavy atom. The molecule has 5 nitrogen and oxygen atoms in total. The molecule has 0 saturated carbocycles. The van der Waals surface area contributed by atoms with E-state index in [1.807, 2.05) is 6.92 Å². The predicted octanol–water partition coefficient (Wildman–Crippen LogP) is 1.94. The summed E-state index contributed by atoms with van der Waals surface area (Å²) in [6.07, 6.45) is 0.0364. The molecule has 2 amide bonds. The van der Waals surface area contributed by atoms with Crippen molar-refractivity contribution < 1.29 is 19.1 Å². The third-order valence-corrected chi connectivity index (χ3v) is 3.07. The maximum absolute atomic E-state index is 13.0. The fourth-order valence-corrected chi connectivity index (χ4v) is 1.95. The van der Waals surface area contributed by atoms with Crippen molar-refractivity contribution in [1.29, 1.82) is 0 Å². The zero-order valence-corrected chi connectivity index (χ0v) is 12.6. The van der Waals surface area contributed by atoms with Gasteiger partial charge in [0, 0.05) is 6.54 Å². The van der Waals surface area contributed by atoms with Gasteiger partial charge in [-0.05, 0) is 37.5 Å². The Morgan fingerprint density at radius 2 is 2.00 bits per heavy atom. The van der Waals surface area contributed by atoms with Crippen LogP contribution in [0.4, 0.5) is 10.1 Å². The molecule has 1 aromatic rings. The number of carbonyl (C=O) groups is 2. The van der Waals surface area contributed by atoms with Crippen molar-refractivity contribution in [1.82, 2.24) is 5.32 Å². The number of hydrogen-bond donors (Lipinski definition) is 3. The van der Waals surface area contributed by atoms with E-state index in [4.69, 9.17) is 11.6 Å². The molecule has 0 aliphatic heterocycles. The van der Waals surface area contributed by atoms with Gasteiger partial charge in [0.05, 0.1) is 16.8 Å². The molecule has 2 atom stereocenters. The Hall–Kier alpha value is -1.66. The van der Waals surface area contributed by atoms with E-state index in [9.17, 15) is 19.1 Å². The number of anilines is 1. The smallest absolute Gasteiger partial charge is 0.313 e. The summed E-state index contributed by atoms with van der Waals surface area (Å²) in [7, 11) is 0. The summed E-state index contributed by atoms with van der Waals surface area (Å²) in [4.78, 5) is 23.3. The first-order chi connectivity index (χ1) is 9.79. The minimum absolute atomic E-state index is 0.0273. The largest absolute Gasteiger partial charge is 0.393 e. The van der Waals surface area contributed by atoms with Crippen molar-refractivity contribution in [3.05, 3.63) is 29.0 Å². The molecule has 1 aromatic carbocycles. The van der Waals surface area contributed by atoms with Crippen LogP contribution in [0.5, 0.6) is 0 Å². The Bertz CT molecular complexity index is 523. The fraction of sp³-hybridized carbons (Fsp3) is 0.429. The molecule has 0 radical (unpaired) electrons. The monoisotopic (exact) mass is 316 g/mol. The number of rotatable bonds is 5. The highest BCUT2D eigenvalue weighted by molar-refractivity contribution is 6.41. The molecule has 0 spiro atoms. The van der Waals surface area contributed by atoms with Crippen molar-refractivity contribution in [2.45, 2.75) is 26.4 Å². The number of aliphatic hydroxyl groups is 1. The number of nitrogens with one attached hydrogen (secondary N) is 2. The lowest BCUT2D eigenvalue weighted by atomic mass is 10.0. The summed E-state index contributed by atoms with van der Waals surface area (Å²) in [5.74, 6) is -2.31. The van der Waals surface area contributed by atoms with E-state index < -0.39 is 23.7 Å². The van der Waals surface area contributed by atoms with Gasteiger partial charge >= 0.3 is 11.8 Å². The Kier molecular flexibility index (Phi) is 6.58. The Labute approximate surface area is 127 Å². The van der Waals surface area contributed by atoms with Crippen molar-refractivity contribution in [2.24, 2.45) is 5.92 Å². The fourth-order valence-electron chi connectivity index (χ4n) is 1.79. The third-order valence-electron chi connectivity index (χ3n) is 2.74. The molecule has 2 unspecified atom stereocenters. The molecule has 1 rings (SSSR count). The first kappa shape index (κ1) is 17.4. The molecule has 0 aliphatic rings. The lowest BCUT2D eigenvalue weighted by Crippen LogP contribution is -2.38. The number of aliphatic hydroxyl groups excluding tert-OH is 1. The zero-order chi connectivity index (χ0) is 16.0. The minimum atomic E-state index is -0.924. The summed E-state index contributed by atoms with van der Waals surface area (Å²) in [6.45, 7) is 3.75. The highest BCUT2D eigenvalue weighted by Gasteiger charge is 2.16. The van der Waals surface area contributed by atoms with Gasteiger partial charge in [-0.25, -0.2) is 4.39 Å². The molecule has 0 fully saturated rings. The standard InChI is InChI=1S/C14H18ClFN2O3/c1-8(5-9(2)19)7-17-13(20)14(21)18-12-6-10(16)3-4-11(12)15/h3-4,6,8-9,19H,5,7H2,1-2H3,(H,17,20)(H,18,21). The van der Waals surface area contributed by atoms with Gasteiger partial charge in [-0.2, -0.15) is 0 Å². The van der Waals surface area contributed by atoms with E-state index in [1.165, 1.54) is 6.07 Å². The molecule has 0 aromatic heterocycles. The number of amides is 2. The summed E-state index contributed by atoms with van der Waals surface area (Å²) in [5.41, 5.74) is 0.0360. The molecule has 21 heavy (non-hydrogen) atoms. The number of halogens is 2. The van der Waals surface area contributed by atoms with Crippen molar-refractivity contribution in [3.63, 3.8) is 0 Å². The highest BCUT2D eigenvalue weighted by atomic mass is 35.5. The second-order valence-electron chi connectivity index (χ2n) is 4.98. The predicted molar refractivity (Wildman–Crippen MR) is 78.5 cm³/mol. The second kappa shape index (κ2) is 7.95. The first-order valence-electron chi connectivity index (χ1n) is 6.52.